The van der Waals surface area contributed by atoms with E-state index in [1.807, 2.05) is 12.1 Å². The molecule has 0 aliphatic carbocycles. The summed E-state index contributed by atoms with van der Waals surface area (Å²) in [7, 11) is 0. The van der Waals surface area contributed by atoms with Crippen LogP contribution < -0.4 is 10.1 Å². The third-order valence-corrected chi connectivity index (χ3v) is 5.50. The van der Waals surface area contributed by atoms with Crippen LogP contribution in [0.1, 0.15) is 23.2 Å². The zero-order valence-corrected chi connectivity index (χ0v) is 17.4. The highest BCUT2D eigenvalue weighted by atomic mass is 35.5. The van der Waals surface area contributed by atoms with Crippen LogP contribution in [0.2, 0.25) is 10.0 Å². The number of rotatable bonds is 5. The van der Waals surface area contributed by atoms with E-state index in [0.717, 1.165) is 0 Å². The largest absolute Gasteiger partial charge is 0.482 e. The molecular formula is C20H20Cl2N2O3S. The first-order chi connectivity index (χ1) is 13.4. The molecule has 1 N–H and O–H groups in total. The second kappa shape index (κ2) is 9.54. The van der Waals surface area contributed by atoms with Gasteiger partial charge >= 0.3 is 0 Å². The number of piperidine rings is 1. The van der Waals surface area contributed by atoms with Crippen LogP contribution in [0.4, 0.5) is 0 Å². The number of halogens is 2. The minimum absolute atomic E-state index is 0.0242. The summed E-state index contributed by atoms with van der Waals surface area (Å²) < 4.78 is 5.51. The van der Waals surface area contributed by atoms with Crippen molar-refractivity contribution in [2.45, 2.75) is 23.8 Å². The number of hydrogen-bond donors (Lipinski definition) is 2. The SMILES string of the molecule is O=C(NC1CCN(C(=O)COc2ccc(Cl)cc2Cl)CC1)c1ccccc1S. The highest BCUT2D eigenvalue weighted by molar-refractivity contribution is 7.80. The van der Waals surface area contributed by atoms with Crippen LogP contribution in [-0.4, -0.2) is 42.5 Å². The molecule has 1 aliphatic rings. The van der Waals surface area contributed by atoms with Gasteiger partial charge in [0.2, 0.25) is 0 Å². The lowest BCUT2D eigenvalue weighted by Crippen LogP contribution is -2.47. The van der Waals surface area contributed by atoms with Gasteiger partial charge in [0.15, 0.2) is 6.61 Å². The van der Waals surface area contributed by atoms with Crippen molar-refractivity contribution < 1.29 is 14.3 Å². The van der Waals surface area contributed by atoms with Crippen molar-refractivity contribution in [3.8, 4) is 5.75 Å². The number of benzene rings is 2. The highest BCUT2D eigenvalue weighted by Gasteiger charge is 2.25. The van der Waals surface area contributed by atoms with Gasteiger partial charge in [-0.25, -0.2) is 0 Å². The standard InChI is InChI=1S/C20H20Cl2N2O3S/c21-13-5-6-17(16(22)11-13)27-12-19(25)24-9-7-14(8-10-24)23-20(26)15-3-1-2-4-18(15)28/h1-6,11,14,28H,7-10,12H2,(H,23,26). The van der Waals surface area contributed by atoms with E-state index < -0.39 is 0 Å². The van der Waals surface area contributed by atoms with Gasteiger partial charge in [-0.15, -0.1) is 12.6 Å². The summed E-state index contributed by atoms with van der Waals surface area (Å²) >= 11 is 16.2. The molecule has 2 aromatic rings. The molecule has 148 valence electrons. The van der Waals surface area contributed by atoms with Crippen LogP contribution in [0.3, 0.4) is 0 Å². The molecule has 2 aromatic carbocycles. The lowest BCUT2D eigenvalue weighted by Gasteiger charge is -2.32. The predicted molar refractivity (Wildman–Crippen MR) is 113 cm³/mol. The maximum Gasteiger partial charge on any atom is 0.260 e. The monoisotopic (exact) mass is 438 g/mol. The first-order valence-electron chi connectivity index (χ1n) is 8.88. The first-order valence-corrected chi connectivity index (χ1v) is 10.1. The van der Waals surface area contributed by atoms with Gasteiger partial charge in [0.05, 0.1) is 10.6 Å². The molecule has 0 aromatic heterocycles. The van der Waals surface area contributed by atoms with Crippen molar-refractivity contribution in [1.29, 1.82) is 0 Å². The van der Waals surface area contributed by atoms with Crippen LogP contribution in [0.15, 0.2) is 47.4 Å². The topological polar surface area (TPSA) is 58.6 Å². The van der Waals surface area contributed by atoms with Crippen LogP contribution in [0, 0.1) is 0 Å². The van der Waals surface area contributed by atoms with E-state index in [0.29, 0.717) is 52.2 Å². The summed E-state index contributed by atoms with van der Waals surface area (Å²) in [4.78, 5) is 27.1. The molecule has 0 unspecified atom stereocenters. The molecule has 1 heterocycles. The van der Waals surface area contributed by atoms with Gasteiger partial charge in [0.1, 0.15) is 5.75 Å². The van der Waals surface area contributed by atoms with Crippen molar-refractivity contribution in [3.63, 3.8) is 0 Å². The maximum absolute atomic E-state index is 12.4. The summed E-state index contributed by atoms with van der Waals surface area (Å²) in [5, 5.41) is 3.89. The summed E-state index contributed by atoms with van der Waals surface area (Å²) in [5.41, 5.74) is 0.553. The Morgan fingerprint density at radius 1 is 1.14 bits per heavy atom. The van der Waals surface area contributed by atoms with Crippen molar-refractivity contribution in [2.24, 2.45) is 0 Å². The fourth-order valence-corrected chi connectivity index (χ4v) is 3.75. The van der Waals surface area contributed by atoms with E-state index in [-0.39, 0.29) is 24.5 Å². The summed E-state index contributed by atoms with van der Waals surface area (Å²) in [6.45, 7) is 1.03. The molecule has 28 heavy (non-hydrogen) atoms. The number of carbonyl (C=O) groups is 2. The van der Waals surface area contributed by atoms with Gasteiger partial charge < -0.3 is 15.0 Å². The normalized spacial score (nSPS) is 14.6. The third-order valence-electron chi connectivity index (χ3n) is 4.58. The number of likely N-dealkylation sites (tertiary alicyclic amines) is 1. The Labute approximate surface area is 179 Å². The Bertz CT molecular complexity index is 870. The Kier molecular flexibility index (Phi) is 7.10. The molecule has 5 nitrogen and oxygen atoms in total. The van der Waals surface area contributed by atoms with Crippen molar-refractivity contribution >= 4 is 47.6 Å². The molecule has 8 heteroatoms. The Morgan fingerprint density at radius 3 is 2.54 bits per heavy atom. The molecule has 0 radical (unpaired) electrons. The second-order valence-electron chi connectivity index (χ2n) is 6.51. The smallest absolute Gasteiger partial charge is 0.260 e. The number of nitrogens with one attached hydrogen (secondary N) is 1. The zero-order valence-electron chi connectivity index (χ0n) is 15.0. The number of carbonyl (C=O) groups excluding carboxylic acids is 2. The van der Waals surface area contributed by atoms with Gasteiger partial charge in [-0.3, -0.25) is 9.59 Å². The molecule has 1 aliphatic heterocycles. The fraction of sp³-hybridized carbons (Fsp3) is 0.300. The predicted octanol–water partition coefficient (Wildman–Crippen LogP) is 4.08. The van der Waals surface area contributed by atoms with E-state index in [1.54, 1.807) is 35.2 Å². The van der Waals surface area contributed by atoms with Gasteiger partial charge in [0, 0.05) is 29.0 Å². The molecule has 0 atom stereocenters. The van der Waals surface area contributed by atoms with Crippen molar-refractivity contribution in [1.82, 2.24) is 10.2 Å². The quantitative estimate of drug-likeness (QED) is 0.691. The third kappa shape index (κ3) is 5.34. The molecule has 1 saturated heterocycles. The van der Waals surface area contributed by atoms with Crippen molar-refractivity contribution in [2.75, 3.05) is 19.7 Å². The summed E-state index contributed by atoms with van der Waals surface area (Å²) in [6, 6.07) is 12.1. The average Bonchev–Trinajstić information content (AvgIpc) is 2.68. The second-order valence-corrected chi connectivity index (χ2v) is 7.83. The Hall–Kier alpha value is -1.89. The lowest BCUT2D eigenvalue weighted by atomic mass is 10.0. The molecule has 0 bridgehead atoms. The first kappa shape index (κ1) is 20.8. The van der Waals surface area contributed by atoms with E-state index in [2.05, 4.69) is 17.9 Å². The molecule has 0 saturated carbocycles. The minimum atomic E-state index is -0.143. The van der Waals surface area contributed by atoms with E-state index in [4.69, 9.17) is 27.9 Å². The molecule has 2 amide bonds. The van der Waals surface area contributed by atoms with Crippen molar-refractivity contribution in [3.05, 3.63) is 58.1 Å². The number of amides is 2. The van der Waals surface area contributed by atoms with Gasteiger partial charge in [0.25, 0.3) is 11.8 Å². The maximum atomic E-state index is 12.4. The molecule has 1 fully saturated rings. The average molecular weight is 439 g/mol. The minimum Gasteiger partial charge on any atom is -0.482 e. The molecule has 0 spiro atoms. The van der Waals surface area contributed by atoms with E-state index in [1.165, 1.54) is 0 Å². The zero-order chi connectivity index (χ0) is 20.1. The van der Waals surface area contributed by atoms with Gasteiger partial charge in [-0.1, -0.05) is 35.3 Å². The van der Waals surface area contributed by atoms with Gasteiger partial charge in [-0.05, 0) is 43.2 Å². The summed E-state index contributed by atoms with van der Waals surface area (Å²) in [5.74, 6) is 0.166. The Morgan fingerprint density at radius 2 is 1.86 bits per heavy atom. The number of ether oxygens (including phenoxy) is 1. The van der Waals surface area contributed by atoms with Gasteiger partial charge in [-0.2, -0.15) is 0 Å². The molecular weight excluding hydrogens is 419 g/mol. The van der Waals surface area contributed by atoms with Crippen LogP contribution >= 0.6 is 35.8 Å². The number of nitrogens with zero attached hydrogens (tertiary/aromatic N) is 1. The lowest BCUT2D eigenvalue weighted by molar-refractivity contribution is -0.134. The number of hydrogen-bond acceptors (Lipinski definition) is 4. The van der Waals surface area contributed by atoms with Crippen LogP contribution in [0.5, 0.6) is 5.75 Å². The fourth-order valence-electron chi connectivity index (χ4n) is 3.03. The molecule has 3 rings (SSSR count). The van der Waals surface area contributed by atoms with Crippen LogP contribution in [0.25, 0.3) is 0 Å². The Balaban J connectivity index is 1.46. The van der Waals surface area contributed by atoms with E-state index in [9.17, 15) is 9.59 Å². The van der Waals surface area contributed by atoms with Crippen LogP contribution in [-0.2, 0) is 4.79 Å². The summed E-state index contributed by atoms with van der Waals surface area (Å²) in [6.07, 6.45) is 1.38. The number of thiol groups is 1. The van der Waals surface area contributed by atoms with E-state index >= 15 is 0 Å². The highest BCUT2D eigenvalue weighted by Crippen LogP contribution is 2.27.